The van der Waals surface area contributed by atoms with E-state index in [-0.39, 0.29) is 35.6 Å². The van der Waals surface area contributed by atoms with Gasteiger partial charge in [-0.15, -0.1) is 0 Å². The number of hydrogen-bond acceptors (Lipinski definition) is 4. The van der Waals surface area contributed by atoms with Crippen LogP contribution >= 0.6 is 0 Å². The number of benzene rings is 1. The van der Waals surface area contributed by atoms with Crippen LogP contribution in [0.25, 0.3) is 5.70 Å². The van der Waals surface area contributed by atoms with Gasteiger partial charge in [-0.2, -0.15) is 10.2 Å². The minimum Gasteiger partial charge on any atom is -0.396 e. The summed E-state index contributed by atoms with van der Waals surface area (Å²) in [5, 5.41) is 17.0. The lowest BCUT2D eigenvalue weighted by Crippen LogP contribution is -2.58. The van der Waals surface area contributed by atoms with E-state index in [1.54, 1.807) is 6.08 Å². The van der Waals surface area contributed by atoms with Crippen LogP contribution in [0.2, 0.25) is 0 Å². The molecule has 5 nitrogen and oxygen atoms in total. The van der Waals surface area contributed by atoms with Crippen molar-refractivity contribution in [3.63, 3.8) is 0 Å². The number of aliphatic hydroxyl groups excluding tert-OH is 1. The van der Waals surface area contributed by atoms with E-state index in [2.05, 4.69) is 30.7 Å². The third-order valence-electron chi connectivity index (χ3n) is 7.40. The number of halogens is 2. The van der Waals surface area contributed by atoms with Crippen molar-refractivity contribution in [3.05, 3.63) is 53.6 Å². The molecule has 2 aliphatic rings. The zero-order chi connectivity index (χ0) is 23.0. The Balaban J connectivity index is 1.88. The summed E-state index contributed by atoms with van der Waals surface area (Å²) in [5.41, 5.74) is -0.510. The molecule has 1 N–H and O–H groups in total. The van der Waals surface area contributed by atoms with Gasteiger partial charge in [0, 0.05) is 32.7 Å². The zero-order valence-corrected chi connectivity index (χ0v) is 18.7. The monoisotopic (exact) mass is 431 g/mol. The van der Waals surface area contributed by atoms with Gasteiger partial charge in [0.05, 0.1) is 16.7 Å². The number of allylic oxidation sites excluding steroid dienone is 2. The molecule has 1 heterocycles. The molecule has 0 aromatic heterocycles. The van der Waals surface area contributed by atoms with Crippen LogP contribution in [0.3, 0.4) is 0 Å². The topological polar surface area (TPSA) is 65.3 Å². The largest absolute Gasteiger partial charge is 0.396 e. The molecule has 1 aliphatic heterocycles. The van der Waals surface area contributed by atoms with E-state index in [1.165, 1.54) is 25.2 Å². The van der Waals surface area contributed by atoms with Gasteiger partial charge >= 0.3 is 0 Å². The van der Waals surface area contributed by atoms with E-state index in [4.69, 9.17) is 0 Å². The van der Waals surface area contributed by atoms with E-state index in [1.807, 2.05) is 11.8 Å². The van der Waals surface area contributed by atoms with Gasteiger partial charge in [0.25, 0.3) is 0 Å². The van der Waals surface area contributed by atoms with Gasteiger partial charge in [0.2, 0.25) is 5.91 Å². The van der Waals surface area contributed by atoms with Crippen molar-refractivity contribution in [2.75, 3.05) is 26.7 Å². The van der Waals surface area contributed by atoms with E-state index in [0.717, 1.165) is 6.42 Å². The first-order chi connectivity index (χ1) is 14.6. The van der Waals surface area contributed by atoms with Crippen molar-refractivity contribution in [1.29, 1.82) is 0 Å². The molecule has 3 rings (SSSR count). The van der Waals surface area contributed by atoms with E-state index in [9.17, 15) is 18.7 Å². The number of aliphatic hydroxyl groups is 1. The Morgan fingerprint density at radius 3 is 2.45 bits per heavy atom. The van der Waals surface area contributed by atoms with Gasteiger partial charge in [0.1, 0.15) is 11.6 Å². The average Bonchev–Trinajstić information content (AvgIpc) is 2.91. The molecule has 1 saturated carbocycles. The van der Waals surface area contributed by atoms with Crippen LogP contribution in [0.5, 0.6) is 0 Å². The van der Waals surface area contributed by atoms with Crippen molar-refractivity contribution in [2.45, 2.75) is 33.6 Å². The number of carbonyl (C=O) groups is 1. The molecule has 0 radical (unpaired) electrons. The fourth-order valence-corrected chi connectivity index (χ4v) is 5.01. The van der Waals surface area contributed by atoms with Crippen LogP contribution in [-0.2, 0) is 4.79 Å². The fraction of sp³-hybridized carbons (Fsp3) is 0.542. The minimum absolute atomic E-state index is 0.0618. The zero-order valence-electron chi connectivity index (χ0n) is 18.7. The summed E-state index contributed by atoms with van der Waals surface area (Å²) in [5.74, 6) is -1.24. The Labute approximate surface area is 182 Å². The molecule has 7 heteroatoms. The number of rotatable bonds is 6. The number of hydrogen-bond donors (Lipinski definition) is 1. The van der Waals surface area contributed by atoms with E-state index < -0.39 is 22.5 Å². The summed E-state index contributed by atoms with van der Waals surface area (Å²) in [4.78, 5) is 15.1. The molecule has 2 atom stereocenters. The Hall–Kier alpha value is -2.41. The molecule has 1 saturated heterocycles. The van der Waals surface area contributed by atoms with Crippen LogP contribution in [0.15, 0.2) is 46.7 Å². The normalized spacial score (nSPS) is 26.4. The lowest BCUT2D eigenvalue weighted by atomic mass is 9.63. The Kier molecular flexibility index (Phi) is 6.46. The summed E-state index contributed by atoms with van der Waals surface area (Å²) < 4.78 is 28.7. The Morgan fingerprint density at radius 2 is 1.90 bits per heavy atom. The van der Waals surface area contributed by atoms with Crippen LogP contribution in [0.4, 0.5) is 8.78 Å². The summed E-state index contributed by atoms with van der Waals surface area (Å²) >= 11 is 0. The number of likely N-dealkylation sites (tertiary alicyclic amines) is 1. The lowest BCUT2D eigenvalue weighted by molar-refractivity contribution is -0.154. The van der Waals surface area contributed by atoms with Crippen LogP contribution < -0.4 is 0 Å². The Bertz CT molecular complexity index is 915. The highest BCUT2D eigenvalue weighted by Gasteiger charge is 2.58. The smallest absolute Gasteiger partial charge is 0.229 e. The fourth-order valence-electron chi connectivity index (χ4n) is 5.01. The second kappa shape index (κ2) is 8.61. The van der Waals surface area contributed by atoms with Crippen molar-refractivity contribution >= 4 is 11.6 Å². The molecule has 1 aromatic carbocycles. The lowest BCUT2D eigenvalue weighted by Gasteiger charge is -2.48. The van der Waals surface area contributed by atoms with Crippen LogP contribution in [-0.4, -0.2) is 42.7 Å². The van der Waals surface area contributed by atoms with Gasteiger partial charge in [-0.25, -0.2) is 8.78 Å². The van der Waals surface area contributed by atoms with E-state index >= 15 is 0 Å². The van der Waals surface area contributed by atoms with Crippen LogP contribution in [0, 0.1) is 34.3 Å². The predicted molar refractivity (Wildman–Crippen MR) is 116 cm³/mol. The number of azo groups is 1. The second-order valence-electron chi connectivity index (χ2n) is 9.40. The molecule has 2 unspecified atom stereocenters. The third kappa shape index (κ3) is 3.95. The van der Waals surface area contributed by atoms with Crippen molar-refractivity contribution in [2.24, 2.45) is 32.9 Å². The van der Waals surface area contributed by atoms with Gasteiger partial charge in [-0.05, 0) is 48.0 Å². The first kappa shape index (κ1) is 23.3. The van der Waals surface area contributed by atoms with Gasteiger partial charge in [-0.3, -0.25) is 4.79 Å². The number of carbonyl (C=O) groups excluding carboxylic acids is 1. The minimum atomic E-state index is -0.714. The van der Waals surface area contributed by atoms with Gasteiger partial charge in [-0.1, -0.05) is 33.4 Å². The molecule has 1 aliphatic carbocycles. The highest BCUT2D eigenvalue weighted by molar-refractivity contribution is 5.84. The summed E-state index contributed by atoms with van der Waals surface area (Å²) in [6.07, 6.45) is 3.01. The summed E-state index contributed by atoms with van der Waals surface area (Å²) in [6.45, 7) is 11.5. The molecule has 1 aromatic rings. The summed E-state index contributed by atoms with van der Waals surface area (Å²) in [6, 6.07) is 3.67. The highest BCUT2D eigenvalue weighted by atomic mass is 19.1. The Morgan fingerprint density at radius 1 is 1.29 bits per heavy atom. The van der Waals surface area contributed by atoms with Gasteiger partial charge in [0.15, 0.2) is 0 Å². The predicted octanol–water partition coefficient (Wildman–Crippen LogP) is 4.84. The molecular weight excluding hydrogens is 400 g/mol. The summed E-state index contributed by atoms with van der Waals surface area (Å²) in [7, 11) is 1.44. The molecule has 0 bridgehead atoms. The first-order valence-electron chi connectivity index (χ1n) is 10.6. The van der Waals surface area contributed by atoms with Crippen molar-refractivity contribution in [1.82, 2.24) is 4.90 Å². The van der Waals surface area contributed by atoms with Gasteiger partial charge < -0.3 is 10.0 Å². The van der Waals surface area contributed by atoms with Crippen molar-refractivity contribution in [3.8, 4) is 0 Å². The molecule has 0 spiro atoms. The third-order valence-corrected chi connectivity index (χ3v) is 7.40. The molecule has 1 amide bonds. The standard InChI is InChI=1S/C24H31F2N3O2/c1-15(11-20(28-27-5)21-18(25)7-6-8-19(21)26)17-9-10-24(4,23(17,2)3)22(31)29-12-16(13-29)14-30/h6-8,11,16-17,30H,1,9-10,12-14H2,2-5H3/b20-11-,28-27-. The molecule has 2 fully saturated rings. The quantitative estimate of drug-likeness (QED) is 0.518. The highest BCUT2D eigenvalue weighted by Crippen LogP contribution is 2.59. The second-order valence-corrected chi connectivity index (χ2v) is 9.40. The first-order valence-corrected chi connectivity index (χ1v) is 10.6. The van der Waals surface area contributed by atoms with Crippen molar-refractivity contribution < 1.29 is 18.7 Å². The molecular formula is C24H31F2N3O2. The van der Waals surface area contributed by atoms with Crippen LogP contribution in [0.1, 0.15) is 39.2 Å². The molecule has 168 valence electrons. The van der Waals surface area contributed by atoms with E-state index in [0.29, 0.717) is 25.1 Å². The maximum Gasteiger partial charge on any atom is 0.229 e. The molecule has 31 heavy (non-hydrogen) atoms. The number of nitrogens with zero attached hydrogens (tertiary/aromatic N) is 3. The SMILES string of the molecule is C=C(/C=C(\N=N/C)c1c(F)cccc1F)C1CCC(C)(C(=O)N2CC(CO)C2)C1(C)C. The average molecular weight is 432 g/mol. The number of amides is 1. The maximum absolute atomic E-state index is 14.3. The maximum atomic E-state index is 14.3.